The molecule has 0 saturated heterocycles. The van der Waals surface area contributed by atoms with E-state index in [1.807, 2.05) is 13.8 Å². The largest absolute Gasteiger partial charge is 1.00 e. The van der Waals surface area contributed by atoms with Gasteiger partial charge in [-0.05, 0) is 0 Å². The summed E-state index contributed by atoms with van der Waals surface area (Å²) < 4.78 is 0. The van der Waals surface area contributed by atoms with E-state index >= 15 is 0 Å². The lowest BCUT2D eigenvalue weighted by molar-refractivity contribution is -0.00000145. The van der Waals surface area contributed by atoms with Crippen molar-refractivity contribution < 1.29 is 12.4 Å². The van der Waals surface area contributed by atoms with Crippen molar-refractivity contribution in [1.29, 1.82) is 0 Å². The molecule has 0 amide bonds. The van der Waals surface area contributed by atoms with Crippen molar-refractivity contribution in [2.75, 3.05) is 0 Å². The molecule has 0 radical (unpaired) electrons. The predicted molar refractivity (Wildman–Crippen MR) is 30.7 cm³/mol. The minimum Gasteiger partial charge on any atom is -1.00 e. The van der Waals surface area contributed by atoms with E-state index in [0.29, 0.717) is 0 Å². The number of halogens is 2. The number of rotatable bonds is 0. The second kappa shape index (κ2) is 9.42. The Kier molecular flexibility index (Phi) is 21.2. The molecular weight excluding hydrogens is 133 g/mol. The summed E-state index contributed by atoms with van der Waals surface area (Å²) in [5.41, 5.74) is 0. The topological polar surface area (TPSA) is 4.36 Å². The van der Waals surface area contributed by atoms with Crippen LogP contribution < -0.4 is 12.4 Å². The first-order chi connectivity index (χ1) is 2.27. The number of hydrogen-bond acceptors (Lipinski definition) is 0. The van der Waals surface area contributed by atoms with Crippen molar-refractivity contribution in [3.63, 3.8) is 0 Å². The Morgan fingerprint density at radius 2 is 1.57 bits per heavy atom. The molecule has 0 aliphatic carbocycles. The minimum absolute atomic E-state index is 0. The van der Waals surface area contributed by atoms with E-state index in [0.717, 1.165) is 0 Å². The van der Waals surface area contributed by atoms with Gasteiger partial charge in [0.25, 0.3) is 12.6 Å². The third-order valence-corrected chi connectivity index (χ3v) is 0.298. The SMILES string of the molecule is C#[N+]C(C)C.Cl.[Cl-]. The molecule has 0 bridgehead atoms. The molecule has 0 unspecified atom stereocenters. The third kappa shape index (κ3) is 23.5. The summed E-state index contributed by atoms with van der Waals surface area (Å²) in [6.45, 7) is 8.66. The summed E-state index contributed by atoms with van der Waals surface area (Å²) in [7, 11) is 0. The quantitative estimate of drug-likeness (QED) is 0.399. The third-order valence-electron chi connectivity index (χ3n) is 0.298. The first-order valence-electron chi connectivity index (χ1n) is 1.67. The summed E-state index contributed by atoms with van der Waals surface area (Å²) in [5, 5.41) is 0. The van der Waals surface area contributed by atoms with Crippen LogP contribution >= 0.6 is 12.4 Å². The molecule has 0 fully saturated rings. The monoisotopic (exact) mass is 141 g/mol. The molecular formula is C4H9Cl2N. The van der Waals surface area contributed by atoms with E-state index in [-0.39, 0.29) is 30.9 Å². The second-order valence-corrected chi connectivity index (χ2v) is 1.24. The predicted octanol–water partition coefficient (Wildman–Crippen LogP) is -1.22. The van der Waals surface area contributed by atoms with Gasteiger partial charge in [0.1, 0.15) is 0 Å². The van der Waals surface area contributed by atoms with Crippen molar-refractivity contribution in [3.8, 4) is 6.57 Å². The zero-order valence-corrected chi connectivity index (χ0v) is 5.96. The van der Waals surface area contributed by atoms with Gasteiger partial charge >= 0.3 is 0 Å². The average molecular weight is 142 g/mol. The molecule has 0 aromatic rings. The lowest BCUT2D eigenvalue weighted by atomic mass is 10.4. The van der Waals surface area contributed by atoms with Gasteiger partial charge in [-0.3, -0.25) is 0 Å². The second-order valence-electron chi connectivity index (χ2n) is 1.24. The summed E-state index contributed by atoms with van der Waals surface area (Å²) in [6, 6.07) is 0.287. The van der Waals surface area contributed by atoms with Gasteiger partial charge in [0.2, 0.25) is 0 Å². The zero-order valence-electron chi connectivity index (χ0n) is 4.39. The highest BCUT2D eigenvalue weighted by Crippen LogP contribution is 1.78. The fraction of sp³-hybridized carbons (Fsp3) is 0.750. The van der Waals surface area contributed by atoms with Crippen LogP contribution in [0.5, 0.6) is 0 Å². The normalized spacial score (nSPS) is 5.43. The van der Waals surface area contributed by atoms with Gasteiger partial charge in [0, 0.05) is 13.8 Å². The Morgan fingerprint density at radius 3 is 1.57 bits per heavy atom. The van der Waals surface area contributed by atoms with Crippen molar-refractivity contribution >= 4 is 12.4 Å². The summed E-state index contributed by atoms with van der Waals surface area (Å²) in [4.78, 5) is 3.39. The van der Waals surface area contributed by atoms with Gasteiger partial charge in [-0.25, -0.2) is 0 Å². The van der Waals surface area contributed by atoms with Crippen LogP contribution in [0.25, 0.3) is 4.85 Å². The molecule has 0 aliphatic heterocycles. The number of hydrogen-bond donors (Lipinski definition) is 0. The van der Waals surface area contributed by atoms with E-state index in [2.05, 4.69) is 4.85 Å². The van der Waals surface area contributed by atoms with Gasteiger partial charge in [-0.2, -0.15) is 0 Å². The highest BCUT2D eigenvalue weighted by molar-refractivity contribution is 5.85. The van der Waals surface area contributed by atoms with E-state index in [1.165, 1.54) is 0 Å². The molecule has 0 aliphatic rings. The average Bonchev–Trinajstić information content (AvgIpc) is 1.38. The molecule has 0 heterocycles. The van der Waals surface area contributed by atoms with Crippen molar-refractivity contribution in [2.45, 2.75) is 19.9 Å². The lowest BCUT2D eigenvalue weighted by Gasteiger charge is -1.65. The standard InChI is InChI=1S/C4H8N.2ClH/c1-4(2)5-3;;/h3-4H,1-2H3;2*1H/q+1;;/p-1. The molecule has 3 heteroatoms. The van der Waals surface area contributed by atoms with Gasteiger partial charge in [-0.1, -0.05) is 4.85 Å². The van der Waals surface area contributed by atoms with Crippen molar-refractivity contribution in [3.05, 3.63) is 4.85 Å². The molecule has 44 valence electrons. The molecule has 0 N–H and O–H groups in total. The van der Waals surface area contributed by atoms with Gasteiger partial charge in [0.05, 0.1) is 0 Å². The molecule has 0 aromatic heterocycles. The Labute approximate surface area is 56.7 Å². The maximum absolute atomic E-state index is 4.80. The fourth-order valence-corrected chi connectivity index (χ4v) is 0. The highest BCUT2D eigenvalue weighted by Gasteiger charge is 1.90. The Morgan fingerprint density at radius 1 is 1.43 bits per heavy atom. The summed E-state index contributed by atoms with van der Waals surface area (Å²) in [5.74, 6) is 0. The Hall–Kier alpha value is 0.0700. The summed E-state index contributed by atoms with van der Waals surface area (Å²) in [6.07, 6.45) is 0. The molecule has 0 aromatic carbocycles. The lowest BCUT2D eigenvalue weighted by Crippen LogP contribution is -3.00. The van der Waals surface area contributed by atoms with Crippen LogP contribution in [0.15, 0.2) is 0 Å². The van der Waals surface area contributed by atoms with E-state index < -0.39 is 0 Å². The van der Waals surface area contributed by atoms with E-state index in [9.17, 15) is 0 Å². The molecule has 0 rings (SSSR count). The first kappa shape index (κ1) is 15.7. The van der Waals surface area contributed by atoms with Crippen LogP contribution in [0.4, 0.5) is 0 Å². The molecule has 0 atom stereocenters. The van der Waals surface area contributed by atoms with E-state index in [1.54, 1.807) is 0 Å². The summed E-state index contributed by atoms with van der Waals surface area (Å²) >= 11 is 0. The van der Waals surface area contributed by atoms with Crippen LogP contribution in [-0.2, 0) is 0 Å². The Bertz CT molecular complexity index is 55.2. The maximum Gasteiger partial charge on any atom is 0.266 e. The van der Waals surface area contributed by atoms with E-state index in [4.69, 9.17) is 6.57 Å². The van der Waals surface area contributed by atoms with Gasteiger partial charge in [0.15, 0.2) is 0 Å². The van der Waals surface area contributed by atoms with Crippen molar-refractivity contribution in [2.24, 2.45) is 0 Å². The molecule has 7 heavy (non-hydrogen) atoms. The van der Waals surface area contributed by atoms with Gasteiger partial charge in [-0.15, -0.1) is 12.4 Å². The fourth-order valence-electron chi connectivity index (χ4n) is 0. The molecule has 0 spiro atoms. The highest BCUT2D eigenvalue weighted by atomic mass is 35.5. The maximum atomic E-state index is 4.80. The van der Waals surface area contributed by atoms with Crippen LogP contribution in [-0.4, -0.2) is 6.04 Å². The first-order valence-corrected chi connectivity index (χ1v) is 1.67. The van der Waals surface area contributed by atoms with Crippen LogP contribution in [0.3, 0.4) is 0 Å². The minimum atomic E-state index is 0. The molecule has 1 nitrogen and oxygen atoms in total. The smallest absolute Gasteiger partial charge is 0.266 e. The zero-order chi connectivity index (χ0) is 4.28. The van der Waals surface area contributed by atoms with Gasteiger partial charge < -0.3 is 12.4 Å². The number of nitrogens with zero attached hydrogens (tertiary/aromatic N) is 1. The van der Waals surface area contributed by atoms with Crippen LogP contribution in [0, 0.1) is 6.57 Å². The van der Waals surface area contributed by atoms with Crippen LogP contribution in [0.1, 0.15) is 13.8 Å². The Balaban J connectivity index is -0.0000000800. The molecule has 0 saturated carbocycles. The van der Waals surface area contributed by atoms with Crippen LogP contribution in [0.2, 0.25) is 0 Å². The van der Waals surface area contributed by atoms with Crippen molar-refractivity contribution in [1.82, 2.24) is 0 Å².